The maximum atomic E-state index is 14.3. The van der Waals surface area contributed by atoms with E-state index in [1.807, 2.05) is 13.8 Å². The van der Waals surface area contributed by atoms with Crippen molar-refractivity contribution < 1.29 is 22.5 Å². The molecule has 2 aromatic rings. The molecule has 0 N–H and O–H groups in total. The molecule has 0 aliphatic carbocycles. The summed E-state index contributed by atoms with van der Waals surface area (Å²) >= 11 is 0. The van der Waals surface area contributed by atoms with E-state index in [0.717, 1.165) is 35.6 Å². The Hall–Kier alpha value is -2.72. The summed E-state index contributed by atoms with van der Waals surface area (Å²) in [5.41, 5.74) is -0.569. The number of hydrogen-bond acceptors (Lipinski definition) is 6. The standard InChI is InChI=1S/C20H26FN3O5S/c1-4-22(5-2)13-8-14-23(30(27,28)20-10-7-6-9-17(20)21)18-12-11-16(29-3)15-19(18)24(25)26/h6-7,9-12,15H,4-5,8,13-14H2,1-3H3. The zero-order chi connectivity index (χ0) is 22.3. The molecule has 2 aromatic carbocycles. The molecule has 0 amide bonds. The van der Waals surface area contributed by atoms with E-state index in [4.69, 9.17) is 4.74 Å². The Kier molecular flexibility index (Phi) is 8.13. The smallest absolute Gasteiger partial charge is 0.297 e. The number of nitro benzene ring substituents is 1. The fourth-order valence-corrected chi connectivity index (χ4v) is 4.69. The molecule has 8 nitrogen and oxygen atoms in total. The molecular formula is C20H26FN3O5S. The van der Waals surface area contributed by atoms with Gasteiger partial charge in [-0.15, -0.1) is 0 Å². The number of nitro groups is 1. The quantitative estimate of drug-likeness (QED) is 0.392. The van der Waals surface area contributed by atoms with Gasteiger partial charge in [0.05, 0.1) is 18.1 Å². The van der Waals surface area contributed by atoms with Gasteiger partial charge < -0.3 is 9.64 Å². The summed E-state index contributed by atoms with van der Waals surface area (Å²) in [5, 5.41) is 11.6. The van der Waals surface area contributed by atoms with Gasteiger partial charge in [-0.1, -0.05) is 26.0 Å². The number of rotatable bonds is 11. The third-order valence-corrected chi connectivity index (χ3v) is 6.63. The summed E-state index contributed by atoms with van der Waals surface area (Å²) in [7, 11) is -3.02. The first-order chi connectivity index (χ1) is 14.3. The van der Waals surface area contributed by atoms with Crippen molar-refractivity contribution in [2.24, 2.45) is 0 Å². The number of nitrogens with zero attached hydrogens (tertiary/aromatic N) is 3. The minimum absolute atomic E-state index is 0.0413. The normalized spacial score (nSPS) is 11.5. The van der Waals surface area contributed by atoms with Crippen molar-refractivity contribution in [3.8, 4) is 5.75 Å². The van der Waals surface area contributed by atoms with Gasteiger partial charge in [-0.3, -0.25) is 14.4 Å². The van der Waals surface area contributed by atoms with Crippen LogP contribution in [0.25, 0.3) is 0 Å². The van der Waals surface area contributed by atoms with Crippen molar-refractivity contribution in [3.63, 3.8) is 0 Å². The monoisotopic (exact) mass is 439 g/mol. The third kappa shape index (κ3) is 5.25. The molecule has 0 aromatic heterocycles. The highest BCUT2D eigenvalue weighted by Gasteiger charge is 2.32. The molecule has 0 saturated heterocycles. The molecule has 0 radical (unpaired) electrons. The van der Waals surface area contributed by atoms with E-state index in [2.05, 4.69) is 4.90 Å². The van der Waals surface area contributed by atoms with E-state index < -0.39 is 31.3 Å². The second-order valence-electron chi connectivity index (χ2n) is 6.50. The largest absolute Gasteiger partial charge is 0.496 e. The van der Waals surface area contributed by atoms with Gasteiger partial charge in [-0.05, 0) is 50.3 Å². The maximum absolute atomic E-state index is 14.3. The third-order valence-electron chi connectivity index (χ3n) is 4.78. The molecule has 0 aliphatic heterocycles. The molecule has 30 heavy (non-hydrogen) atoms. The molecule has 2 rings (SSSR count). The zero-order valence-electron chi connectivity index (χ0n) is 17.2. The lowest BCUT2D eigenvalue weighted by Gasteiger charge is -2.26. The summed E-state index contributed by atoms with van der Waals surface area (Å²) in [6.45, 7) is 6.12. The predicted molar refractivity (Wildman–Crippen MR) is 113 cm³/mol. The van der Waals surface area contributed by atoms with Crippen LogP contribution in [0.3, 0.4) is 0 Å². The molecule has 0 aliphatic rings. The van der Waals surface area contributed by atoms with E-state index in [9.17, 15) is 22.9 Å². The lowest BCUT2D eigenvalue weighted by atomic mass is 10.2. The molecule has 0 bridgehead atoms. The first-order valence-corrected chi connectivity index (χ1v) is 11.0. The summed E-state index contributed by atoms with van der Waals surface area (Å²) in [6.07, 6.45) is 0.415. The van der Waals surface area contributed by atoms with Crippen LogP contribution in [-0.4, -0.2) is 51.5 Å². The highest BCUT2D eigenvalue weighted by Crippen LogP contribution is 2.35. The van der Waals surface area contributed by atoms with Crippen LogP contribution in [-0.2, 0) is 10.0 Å². The number of sulfonamides is 1. The number of halogens is 1. The van der Waals surface area contributed by atoms with Gasteiger partial charge in [0.15, 0.2) is 0 Å². The summed E-state index contributed by atoms with van der Waals surface area (Å²) in [6, 6.07) is 8.90. The van der Waals surface area contributed by atoms with E-state index in [-0.39, 0.29) is 18.0 Å². The van der Waals surface area contributed by atoms with Crippen LogP contribution in [0.2, 0.25) is 0 Å². The molecule has 0 atom stereocenters. The van der Waals surface area contributed by atoms with Gasteiger partial charge in [0.25, 0.3) is 15.7 Å². The van der Waals surface area contributed by atoms with Crippen LogP contribution >= 0.6 is 0 Å². The Labute approximate surface area is 176 Å². The average molecular weight is 440 g/mol. The van der Waals surface area contributed by atoms with E-state index in [0.29, 0.717) is 13.0 Å². The first-order valence-electron chi connectivity index (χ1n) is 9.58. The van der Waals surface area contributed by atoms with Crippen LogP contribution in [0.1, 0.15) is 20.3 Å². The SMILES string of the molecule is CCN(CC)CCCN(c1ccc(OC)cc1[N+](=O)[O-])S(=O)(=O)c1ccccc1F. The molecule has 0 unspecified atom stereocenters. The number of anilines is 1. The minimum Gasteiger partial charge on any atom is -0.496 e. The van der Waals surface area contributed by atoms with Gasteiger partial charge in [-0.2, -0.15) is 0 Å². The van der Waals surface area contributed by atoms with Crippen molar-refractivity contribution in [1.29, 1.82) is 0 Å². The molecular weight excluding hydrogens is 413 g/mol. The number of hydrogen-bond donors (Lipinski definition) is 0. The van der Waals surface area contributed by atoms with Crippen LogP contribution < -0.4 is 9.04 Å². The molecule has 0 saturated carbocycles. The Morgan fingerprint density at radius 1 is 1.10 bits per heavy atom. The Morgan fingerprint density at radius 2 is 1.77 bits per heavy atom. The molecule has 0 heterocycles. The number of benzene rings is 2. The van der Waals surface area contributed by atoms with Crippen LogP contribution in [0.15, 0.2) is 47.4 Å². The van der Waals surface area contributed by atoms with Crippen LogP contribution in [0, 0.1) is 15.9 Å². The maximum Gasteiger partial charge on any atom is 0.297 e. The number of ether oxygens (including phenoxy) is 1. The highest BCUT2D eigenvalue weighted by molar-refractivity contribution is 7.92. The Bertz CT molecular complexity index is 980. The second-order valence-corrected chi connectivity index (χ2v) is 8.33. The molecule has 0 fully saturated rings. The number of methoxy groups -OCH3 is 1. The van der Waals surface area contributed by atoms with Crippen molar-refractivity contribution >= 4 is 21.4 Å². The summed E-state index contributed by atoms with van der Waals surface area (Å²) in [4.78, 5) is 12.5. The van der Waals surface area contributed by atoms with Crippen molar-refractivity contribution in [1.82, 2.24) is 4.90 Å². The second kappa shape index (κ2) is 10.4. The van der Waals surface area contributed by atoms with Crippen LogP contribution in [0.4, 0.5) is 15.8 Å². The summed E-state index contributed by atoms with van der Waals surface area (Å²) < 4.78 is 46.9. The van der Waals surface area contributed by atoms with Gasteiger partial charge in [0.2, 0.25) is 0 Å². The van der Waals surface area contributed by atoms with Crippen molar-refractivity contribution in [2.45, 2.75) is 25.2 Å². The van der Waals surface area contributed by atoms with Crippen molar-refractivity contribution in [2.75, 3.05) is 37.6 Å². The van der Waals surface area contributed by atoms with Crippen molar-refractivity contribution in [3.05, 3.63) is 58.4 Å². The van der Waals surface area contributed by atoms with Crippen LogP contribution in [0.5, 0.6) is 5.75 Å². The lowest BCUT2D eigenvalue weighted by Crippen LogP contribution is -2.35. The fraction of sp³-hybridized carbons (Fsp3) is 0.400. The van der Waals surface area contributed by atoms with E-state index >= 15 is 0 Å². The Morgan fingerprint density at radius 3 is 2.33 bits per heavy atom. The van der Waals surface area contributed by atoms with Gasteiger partial charge in [0, 0.05) is 6.54 Å². The van der Waals surface area contributed by atoms with E-state index in [1.165, 1.54) is 31.4 Å². The van der Waals surface area contributed by atoms with E-state index in [1.54, 1.807) is 0 Å². The highest BCUT2D eigenvalue weighted by atomic mass is 32.2. The molecule has 164 valence electrons. The molecule has 0 spiro atoms. The lowest BCUT2D eigenvalue weighted by molar-refractivity contribution is -0.384. The minimum atomic E-state index is -4.38. The zero-order valence-corrected chi connectivity index (χ0v) is 18.1. The summed E-state index contributed by atoms with van der Waals surface area (Å²) in [5.74, 6) is -0.695. The predicted octanol–water partition coefficient (Wildman–Crippen LogP) is 3.67. The fourth-order valence-electron chi connectivity index (χ4n) is 3.11. The van der Waals surface area contributed by atoms with Gasteiger partial charge in [-0.25, -0.2) is 12.8 Å². The van der Waals surface area contributed by atoms with Gasteiger partial charge in [0.1, 0.15) is 22.1 Å². The molecule has 10 heteroatoms. The average Bonchev–Trinajstić information content (AvgIpc) is 2.73. The first kappa shape index (κ1) is 23.6. The van der Waals surface area contributed by atoms with Gasteiger partial charge >= 0.3 is 0 Å². The topological polar surface area (TPSA) is 93.0 Å². The Balaban J connectivity index is 2.55.